The Morgan fingerprint density at radius 2 is 0.898 bits per heavy atom. The molecule has 0 spiro atoms. The Bertz CT molecular complexity index is 2990. The highest BCUT2D eigenvalue weighted by Crippen LogP contribution is 2.46. The summed E-state index contributed by atoms with van der Waals surface area (Å²) < 4.78 is 72.1. The van der Waals surface area contributed by atoms with Gasteiger partial charge in [-0.05, 0) is 187 Å². The van der Waals surface area contributed by atoms with Crippen LogP contribution in [-0.4, -0.2) is 115 Å². The first-order valence-corrected chi connectivity index (χ1v) is 36.8. The van der Waals surface area contributed by atoms with Gasteiger partial charge in [-0.3, -0.25) is 14.6 Å². The second kappa shape index (κ2) is 34.2. The van der Waals surface area contributed by atoms with E-state index in [-0.39, 0.29) is 52.2 Å². The van der Waals surface area contributed by atoms with E-state index in [1.165, 1.54) is 0 Å². The Kier molecular flexibility index (Phi) is 27.3. The second-order valence-corrected chi connectivity index (χ2v) is 30.1. The molecule has 2 aliphatic carbocycles. The van der Waals surface area contributed by atoms with Crippen LogP contribution in [-0.2, 0) is 37.7 Å². The van der Waals surface area contributed by atoms with Crippen LogP contribution in [0.3, 0.4) is 0 Å². The van der Waals surface area contributed by atoms with Gasteiger partial charge in [0.1, 0.15) is 29.5 Å². The summed E-state index contributed by atoms with van der Waals surface area (Å²) in [6.07, 6.45) is 20.6. The number of ether oxygens (including phenoxy) is 2. The summed E-state index contributed by atoms with van der Waals surface area (Å²) in [6, 6.07) is 17.5. The molecule has 2 saturated heterocycles. The number of hydrogen-bond acceptors (Lipinski definition) is 12. The number of halogens is 4. The number of nitrogens with one attached hydrogen (secondary N) is 4. The summed E-state index contributed by atoms with van der Waals surface area (Å²) in [5, 5.41) is 8.20. The van der Waals surface area contributed by atoms with Crippen LogP contribution in [0, 0.1) is 13.8 Å². The zero-order chi connectivity index (χ0) is 62.8. The molecule has 22 heteroatoms. The van der Waals surface area contributed by atoms with E-state index in [4.69, 9.17) is 67.3 Å². The standard InChI is InChI=1S/C66H94Cl4N8O8S2/c1-45-35-52(25-27-62(45)85-64-56-37-47(67)39-58(69)54(56)41-60(64)77-33-19-21-49(71)43-77)87(81,82)75-31-17-10-5-3-4-8-13-23-51(79)24-14-12-16-30-74-66(80)73-29-15-9-6-7-11-18-32-76-88(83,84)53-26-28-63(46(2)36-53)86-65-57-38-48(68)40-59(70)55(57)42-61(65)78-34-20-22-50(72)44-78/h25-28,35-40,49-50,60-61,64-65,75-76H,3-24,29-34,41-44,71-72H2,1-2H3,(H2,73,74,80)/t49-,50-,60+,61+,64+,65+/m1/s1. The van der Waals surface area contributed by atoms with Crippen LogP contribution in [0.2, 0.25) is 20.1 Å². The fourth-order valence-corrected chi connectivity index (χ4v) is 16.5. The number of ketones is 1. The van der Waals surface area contributed by atoms with E-state index in [1.54, 1.807) is 48.5 Å². The Hall–Kier alpha value is -3.76. The number of Topliss-reactive ketones (excluding diaryl/α,β-unsaturated/α-hetero) is 1. The van der Waals surface area contributed by atoms with E-state index in [9.17, 15) is 26.4 Å². The van der Waals surface area contributed by atoms with E-state index in [0.29, 0.717) is 76.4 Å². The van der Waals surface area contributed by atoms with E-state index in [1.807, 2.05) is 26.0 Å². The van der Waals surface area contributed by atoms with Crippen LogP contribution >= 0.6 is 46.4 Å². The molecule has 8 N–H and O–H groups in total. The Morgan fingerprint density at radius 1 is 0.523 bits per heavy atom. The van der Waals surface area contributed by atoms with E-state index >= 15 is 0 Å². The van der Waals surface area contributed by atoms with Crippen molar-refractivity contribution >= 4 is 78.3 Å². The van der Waals surface area contributed by atoms with Gasteiger partial charge in [-0.2, -0.15) is 0 Å². The lowest BCUT2D eigenvalue weighted by Crippen LogP contribution is -2.49. The number of rotatable bonds is 35. The Morgan fingerprint density at radius 3 is 1.30 bits per heavy atom. The maximum atomic E-state index is 13.3. The average Bonchev–Trinajstić information content (AvgIpc) is 2.55. The van der Waals surface area contributed by atoms with Crippen LogP contribution in [0.4, 0.5) is 4.79 Å². The normalized spacial score (nSPS) is 20.6. The number of benzene rings is 4. The van der Waals surface area contributed by atoms with E-state index < -0.39 is 20.0 Å². The van der Waals surface area contributed by atoms with E-state index in [0.717, 1.165) is 201 Å². The maximum absolute atomic E-state index is 13.3. The minimum atomic E-state index is -3.71. The number of carbonyl (C=O) groups is 2. The number of amides is 2. The topological polar surface area (TPSA) is 228 Å². The molecule has 0 aromatic heterocycles. The number of piperidine rings is 2. The second-order valence-electron chi connectivity index (χ2n) is 24.9. The van der Waals surface area contributed by atoms with Crippen molar-refractivity contribution in [1.82, 2.24) is 29.9 Å². The molecular formula is C66H94Cl4N8O8S2. The zero-order valence-corrected chi connectivity index (χ0v) is 56.2. The first-order chi connectivity index (χ1) is 42.3. The van der Waals surface area contributed by atoms with Crippen molar-refractivity contribution in [2.75, 3.05) is 52.4 Å². The van der Waals surface area contributed by atoms with Crippen LogP contribution < -0.4 is 41.0 Å². The lowest BCUT2D eigenvalue weighted by Gasteiger charge is -2.38. The Balaban J connectivity index is 0.591. The first kappa shape index (κ1) is 70.1. The first-order valence-electron chi connectivity index (χ1n) is 32.3. The minimum absolute atomic E-state index is 0.0289. The van der Waals surface area contributed by atoms with Crippen molar-refractivity contribution in [3.05, 3.63) is 114 Å². The molecule has 2 amide bonds. The zero-order valence-electron chi connectivity index (χ0n) is 51.5. The molecule has 4 aromatic carbocycles. The fourth-order valence-electron chi connectivity index (χ4n) is 13.0. The molecule has 486 valence electrons. The van der Waals surface area contributed by atoms with Gasteiger partial charge in [0.15, 0.2) is 0 Å². The lowest BCUT2D eigenvalue weighted by molar-refractivity contribution is -0.119. The molecule has 0 unspecified atom stereocenters. The van der Waals surface area contributed by atoms with Gasteiger partial charge in [0.2, 0.25) is 20.0 Å². The smallest absolute Gasteiger partial charge is 0.314 e. The summed E-state index contributed by atoms with van der Waals surface area (Å²) >= 11 is 26.3. The average molecular weight is 1330 g/mol. The highest BCUT2D eigenvalue weighted by atomic mass is 35.5. The quantitative estimate of drug-likeness (QED) is 0.0237. The summed E-state index contributed by atoms with van der Waals surface area (Å²) in [5.74, 6) is 1.52. The fraction of sp³-hybridized carbons (Fsp3) is 0.606. The predicted molar refractivity (Wildman–Crippen MR) is 354 cm³/mol. The van der Waals surface area contributed by atoms with E-state index in [2.05, 4.69) is 29.9 Å². The lowest BCUT2D eigenvalue weighted by atomic mass is 10.0. The molecule has 4 aliphatic rings. The molecular weight excluding hydrogens is 1240 g/mol. The van der Waals surface area contributed by atoms with Gasteiger partial charge in [0, 0.05) is 95.4 Å². The predicted octanol–water partition coefficient (Wildman–Crippen LogP) is 13.0. The molecule has 16 nitrogen and oxygen atoms in total. The molecule has 2 heterocycles. The van der Waals surface area contributed by atoms with Crippen LogP contribution in [0.15, 0.2) is 70.5 Å². The monoisotopic (exact) mass is 1330 g/mol. The van der Waals surface area contributed by atoms with Crippen molar-refractivity contribution in [1.29, 1.82) is 0 Å². The molecule has 6 atom stereocenters. The van der Waals surface area contributed by atoms with Crippen molar-refractivity contribution in [2.45, 2.75) is 214 Å². The van der Waals surface area contributed by atoms with Crippen molar-refractivity contribution in [2.24, 2.45) is 11.5 Å². The number of hydrogen-bond donors (Lipinski definition) is 6. The van der Waals surface area contributed by atoms with Gasteiger partial charge >= 0.3 is 6.03 Å². The summed E-state index contributed by atoms with van der Waals surface area (Å²) in [5.41, 5.74) is 18.2. The van der Waals surface area contributed by atoms with Gasteiger partial charge in [0.25, 0.3) is 0 Å². The number of unbranched alkanes of at least 4 members (excludes halogenated alkanes) is 13. The largest absolute Gasteiger partial charge is 0.484 e. The number of likely N-dealkylation sites (tertiary alicyclic amines) is 2. The third-order valence-corrected chi connectivity index (χ3v) is 21.9. The van der Waals surface area contributed by atoms with Gasteiger partial charge < -0.3 is 31.6 Å². The van der Waals surface area contributed by atoms with Crippen LogP contribution in [0.5, 0.6) is 11.5 Å². The molecule has 0 saturated carbocycles. The van der Waals surface area contributed by atoms with Gasteiger partial charge in [-0.15, -0.1) is 0 Å². The number of fused-ring (bicyclic) bond motifs is 2. The number of nitrogens with two attached hydrogens (primary N) is 2. The third kappa shape index (κ3) is 20.4. The van der Waals surface area contributed by atoms with Crippen molar-refractivity contribution in [3.63, 3.8) is 0 Å². The van der Waals surface area contributed by atoms with Gasteiger partial charge in [-0.1, -0.05) is 111 Å². The molecule has 88 heavy (non-hydrogen) atoms. The van der Waals surface area contributed by atoms with Gasteiger partial charge in [-0.25, -0.2) is 31.1 Å². The molecule has 8 rings (SSSR count). The summed E-state index contributed by atoms with van der Waals surface area (Å²) in [7, 11) is -7.42. The highest BCUT2D eigenvalue weighted by molar-refractivity contribution is 7.89. The molecule has 0 bridgehead atoms. The maximum Gasteiger partial charge on any atom is 0.314 e. The van der Waals surface area contributed by atoms with Crippen molar-refractivity contribution < 1.29 is 35.9 Å². The third-order valence-electron chi connectivity index (χ3n) is 17.9. The SMILES string of the molecule is Cc1cc(S(=O)(=O)NCCCCCCCCCC(=O)CCCCCNC(=O)NCCCCCCCCNS(=O)(=O)c2ccc(O[C@H]3c4cc(Cl)cc(Cl)c4C[C@@H]3N3CCC[C@@H](N)C3)c(C)c2)ccc1O[C@H]1c2cc(Cl)cc(Cl)c2C[C@@H]1N1CCC[C@@H](N)C1. The summed E-state index contributed by atoms with van der Waals surface area (Å²) in [6.45, 7) is 8.99. The van der Waals surface area contributed by atoms with Crippen LogP contribution in [0.1, 0.15) is 187 Å². The number of carbonyl (C=O) groups excluding carboxylic acids is 2. The molecule has 2 aliphatic heterocycles. The van der Waals surface area contributed by atoms with Crippen LogP contribution in [0.25, 0.3) is 0 Å². The molecule has 0 radical (unpaired) electrons. The van der Waals surface area contributed by atoms with Gasteiger partial charge in [0.05, 0.1) is 21.9 Å². The Labute approximate surface area is 544 Å². The number of sulfonamides is 2. The molecule has 4 aromatic rings. The number of urea groups is 1. The number of nitrogens with zero attached hydrogens (tertiary/aromatic N) is 2. The van der Waals surface area contributed by atoms with Crippen molar-refractivity contribution in [3.8, 4) is 11.5 Å². The highest BCUT2D eigenvalue weighted by Gasteiger charge is 2.43. The summed E-state index contributed by atoms with van der Waals surface area (Å²) in [4.78, 5) is 30.0. The number of aryl methyl sites for hydroxylation is 2. The minimum Gasteiger partial charge on any atom is -0.484 e. The molecule has 2 fully saturated rings.